The van der Waals surface area contributed by atoms with E-state index in [9.17, 15) is 14.4 Å². The first-order valence-corrected chi connectivity index (χ1v) is 7.93. The number of imide groups is 1. The van der Waals surface area contributed by atoms with E-state index in [-0.39, 0.29) is 17.6 Å². The van der Waals surface area contributed by atoms with Crippen molar-refractivity contribution in [3.63, 3.8) is 0 Å². The molecule has 6 heteroatoms. The van der Waals surface area contributed by atoms with Crippen molar-refractivity contribution in [2.24, 2.45) is 0 Å². The van der Waals surface area contributed by atoms with Crippen molar-refractivity contribution in [2.75, 3.05) is 11.1 Å². The quantitative estimate of drug-likeness (QED) is 0.828. The van der Waals surface area contributed by atoms with Gasteiger partial charge in [0.05, 0.1) is 5.75 Å². The molecule has 0 aliphatic rings. The monoisotopic (exact) mass is 328 g/mol. The lowest BCUT2D eigenvalue weighted by atomic mass is 10.2. The van der Waals surface area contributed by atoms with Crippen LogP contribution in [0.3, 0.4) is 0 Å². The molecule has 2 aromatic carbocycles. The van der Waals surface area contributed by atoms with E-state index in [1.54, 1.807) is 42.5 Å². The fourth-order valence-electron chi connectivity index (χ4n) is 1.81. The fraction of sp³-hybridized carbons (Fsp3) is 0.118. The van der Waals surface area contributed by atoms with Gasteiger partial charge in [-0.2, -0.15) is 0 Å². The second-order valence-corrected chi connectivity index (χ2v) is 5.79. The summed E-state index contributed by atoms with van der Waals surface area (Å²) in [6, 6.07) is 15.7. The Morgan fingerprint density at radius 3 is 2.22 bits per heavy atom. The lowest BCUT2D eigenvalue weighted by Gasteiger charge is -2.05. The van der Waals surface area contributed by atoms with Crippen molar-refractivity contribution in [1.82, 2.24) is 5.32 Å². The lowest BCUT2D eigenvalue weighted by molar-refractivity contribution is -0.117. The summed E-state index contributed by atoms with van der Waals surface area (Å²) in [6.07, 6.45) is 0. The third-order valence-electron chi connectivity index (χ3n) is 2.83. The van der Waals surface area contributed by atoms with Crippen LogP contribution in [0.4, 0.5) is 5.69 Å². The predicted octanol–water partition coefficient (Wildman–Crippen LogP) is 2.69. The van der Waals surface area contributed by atoms with Gasteiger partial charge in [-0.25, -0.2) is 0 Å². The SMILES string of the molecule is CC(=O)Nc1ccc(SCC(=O)NC(=O)c2ccccc2)cc1. The number of rotatable bonds is 5. The number of anilines is 1. The molecule has 0 atom stereocenters. The van der Waals surface area contributed by atoms with Crippen molar-refractivity contribution in [1.29, 1.82) is 0 Å². The number of carbonyl (C=O) groups is 3. The molecule has 118 valence electrons. The van der Waals surface area contributed by atoms with Gasteiger partial charge >= 0.3 is 0 Å². The molecule has 0 saturated carbocycles. The highest BCUT2D eigenvalue weighted by Gasteiger charge is 2.10. The molecule has 2 rings (SSSR count). The predicted molar refractivity (Wildman–Crippen MR) is 90.4 cm³/mol. The average molecular weight is 328 g/mol. The number of amides is 3. The van der Waals surface area contributed by atoms with Crippen LogP contribution in [0.25, 0.3) is 0 Å². The standard InChI is InChI=1S/C17H16N2O3S/c1-12(20)18-14-7-9-15(10-8-14)23-11-16(21)19-17(22)13-5-3-2-4-6-13/h2-10H,11H2,1H3,(H,18,20)(H,19,21,22). The summed E-state index contributed by atoms with van der Waals surface area (Å²) in [4.78, 5) is 35.4. The number of nitrogens with one attached hydrogen (secondary N) is 2. The maximum absolute atomic E-state index is 11.8. The third-order valence-corrected chi connectivity index (χ3v) is 3.85. The molecule has 0 unspecified atom stereocenters. The van der Waals surface area contributed by atoms with Gasteiger partial charge in [0.1, 0.15) is 0 Å². The van der Waals surface area contributed by atoms with Gasteiger partial charge < -0.3 is 5.32 Å². The van der Waals surface area contributed by atoms with E-state index in [1.807, 2.05) is 12.1 Å². The molecule has 2 N–H and O–H groups in total. The van der Waals surface area contributed by atoms with Crippen LogP contribution < -0.4 is 10.6 Å². The molecule has 0 bridgehead atoms. The third kappa shape index (κ3) is 5.60. The van der Waals surface area contributed by atoms with Crippen molar-refractivity contribution in [3.05, 3.63) is 60.2 Å². The Kier molecular flexibility index (Phi) is 5.94. The Morgan fingerprint density at radius 1 is 0.957 bits per heavy atom. The van der Waals surface area contributed by atoms with Gasteiger partial charge in [-0.1, -0.05) is 18.2 Å². The highest BCUT2D eigenvalue weighted by atomic mass is 32.2. The van der Waals surface area contributed by atoms with Gasteiger partial charge in [0.25, 0.3) is 5.91 Å². The normalized spacial score (nSPS) is 9.96. The number of hydrogen-bond donors (Lipinski definition) is 2. The van der Waals surface area contributed by atoms with Crippen LogP contribution in [0.1, 0.15) is 17.3 Å². The Bertz CT molecular complexity index is 700. The van der Waals surface area contributed by atoms with Gasteiger partial charge in [0.15, 0.2) is 0 Å². The van der Waals surface area contributed by atoms with Crippen LogP contribution in [0.2, 0.25) is 0 Å². The van der Waals surface area contributed by atoms with Crippen LogP contribution in [-0.2, 0) is 9.59 Å². The van der Waals surface area contributed by atoms with Crippen molar-refractivity contribution >= 4 is 35.2 Å². The summed E-state index contributed by atoms with van der Waals surface area (Å²) < 4.78 is 0. The molecule has 0 fully saturated rings. The maximum atomic E-state index is 11.8. The van der Waals surface area contributed by atoms with Crippen LogP contribution in [0.5, 0.6) is 0 Å². The number of carbonyl (C=O) groups excluding carboxylic acids is 3. The van der Waals surface area contributed by atoms with E-state index >= 15 is 0 Å². The van der Waals surface area contributed by atoms with Crippen LogP contribution >= 0.6 is 11.8 Å². The molecular formula is C17H16N2O3S. The van der Waals surface area contributed by atoms with E-state index < -0.39 is 5.91 Å². The Balaban J connectivity index is 1.82. The van der Waals surface area contributed by atoms with E-state index in [0.29, 0.717) is 11.3 Å². The van der Waals surface area contributed by atoms with Gasteiger partial charge in [0.2, 0.25) is 11.8 Å². The van der Waals surface area contributed by atoms with Crippen molar-refractivity contribution in [2.45, 2.75) is 11.8 Å². The van der Waals surface area contributed by atoms with Crippen LogP contribution in [-0.4, -0.2) is 23.5 Å². The van der Waals surface area contributed by atoms with E-state index in [1.165, 1.54) is 18.7 Å². The molecule has 3 amide bonds. The second kappa shape index (κ2) is 8.14. The first-order valence-electron chi connectivity index (χ1n) is 6.94. The van der Waals surface area contributed by atoms with E-state index in [4.69, 9.17) is 0 Å². The molecule has 0 heterocycles. The molecule has 23 heavy (non-hydrogen) atoms. The van der Waals surface area contributed by atoms with Gasteiger partial charge in [0, 0.05) is 23.1 Å². The van der Waals surface area contributed by atoms with Crippen molar-refractivity contribution in [3.8, 4) is 0 Å². The van der Waals surface area contributed by atoms with Gasteiger partial charge in [-0.3, -0.25) is 19.7 Å². The summed E-state index contributed by atoms with van der Waals surface area (Å²) >= 11 is 1.32. The molecule has 0 aliphatic heterocycles. The zero-order valence-corrected chi connectivity index (χ0v) is 13.4. The largest absolute Gasteiger partial charge is 0.326 e. The summed E-state index contributed by atoms with van der Waals surface area (Å²) in [6.45, 7) is 1.44. The minimum absolute atomic E-state index is 0.135. The molecule has 2 aromatic rings. The first kappa shape index (κ1) is 16.8. The van der Waals surface area contributed by atoms with Crippen LogP contribution in [0, 0.1) is 0 Å². The van der Waals surface area contributed by atoms with E-state index in [0.717, 1.165) is 4.90 Å². The fourth-order valence-corrected chi connectivity index (χ4v) is 2.51. The minimum atomic E-state index is -0.405. The number of thioether (sulfide) groups is 1. The summed E-state index contributed by atoms with van der Waals surface area (Å²) in [7, 11) is 0. The average Bonchev–Trinajstić information content (AvgIpc) is 2.54. The lowest BCUT2D eigenvalue weighted by Crippen LogP contribution is -2.31. The molecule has 0 aliphatic carbocycles. The summed E-state index contributed by atoms with van der Waals surface area (Å²) in [5.74, 6) is -0.755. The molecule has 0 spiro atoms. The highest BCUT2D eigenvalue weighted by Crippen LogP contribution is 2.20. The number of benzene rings is 2. The summed E-state index contributed by atoms with van der Waals surface area (Å²) in [5.41, 5.74) is 1.15. The van der Waals surface area contributed by atoms with Gasteiger partial charge in [-0.05, 0) is 36.4 Å². The molecular weight excluding hydrogens is 312 g/mol. The smallest absolute Gasteiger partial charge is 0.257 e. The maximum Gasteiger partial charge on any atom is 0.257 e. The Morgan fingerprint density at radius 2 is 1.61 bits per heavy atom. The second-order valence-electron chi connectivity index (χ2n) is 4.74. The highest BCUT2D eigenvalue weighted by molar-refractivity contribution is 8.00. The molecule has 5 nitrogen and oxygen atoms in total. The van der Waals surface area contributed by atoms with Crippen LogP contribution in [0.15, 0.2) is 59.5 Å². The van der Waals surface area contributed by atoms with Crippen molar-refractivity contribution < 1.29 is 14.4 Å². The summed E-state index contributed by atoms with van der Waals surface area (Å²) in [5, 5.41) is 5.02. The Hall–Kier alpha value is -2.60. The molecule has 0 saturated heterocycles. The molecule has 0 radical (unpaired) electrons. The number of hydrogen-bond acceptors (Lipinski definition) is 4. The Labute approximate surface area is 138 Å². The topological polar surface area (TPSA) is 75.3 Å². The zero-order valence-electron chi connectivity index (χ0n) is 12.5. The minimum Gasteiger partial charge on any atom is -0.326 e. The van der Waals surface area contributed by atoms with Gasteiger partial charge in [-0.15, -0.1) is 11.8 Å². The van der Waals surface area contributed by atoms with E-state index in [2.05, 4.69) is 10.6 Å². The first-order chi connectivity index (χ1) is 11.0. The molecule has 0 aromatic heterocycles. The zero-order chi connectivity index (χ0) is 16.7.